The zero-order chi connectivity index (χ0) is 27.9. The van der Waals surface area contributed by atoms with Crippen LogP contribution in [0.1, 0.15) is 48.0 Å². The Morgan fingerprint density at radius 2 is 1.74 bits per heavy atom. The van der Waals surface area contributed by atoms with Crippen molar-refractivity contribution in [3.63, 3.8) is 0 Å². The summed E-state index contributed by atoms with van der Waals surface area (Å²) >= 11 is 0. The molecule has 0 amide bonds. The second kappa shape index (κ2) is 12.2. The van der Waals surface area contributed by atoms with Crippen LogP contribution in [0, 0.1) is 0 Å². The molecule has 1 saturated carbocycles. The number of unbranched alkanes of at least 4 members (excludes halogenated alkanes) is 2. The van der Waals surface area contributed by atoms with Crippen LogP contribution < -0.4 is 26.4 Å². The molecule has 4 rings (SSSR count). The molecule has 2 aromatic carbocycles. The Morgan fingerprint density at radius 1 is 1.00 bits per heavy atom. The predicted octanol–water partition coefficient (Wildman–Crippen LogP) is 4.90. The van der Waals surface area contributed by atoms with Gasteiger partial charge in [0.1, 0.15) is 0 Å². The first-order valence-corrected chi connectivity index (χ1v) is 12.5. The number of aromatic carboxylic acids is 1. The minimum Gasteiger partial charge on any atom is -0.478 e. The van der Waals surface area contributed by atoms with Crippen molar-refractivity contribution in [2.45, 2.75) is 43.8 Å². The van der Waals surface area contributed by atoms with Crippen LogP contribution in [-0.2, 0) is 5.54 Å². The molecule has 0 spiro atoms. The Labute approximate surface area is 223 Å². The first-order chi connectivity index (χ1) is 18.7. The smallest absolute Gasteiger partial charge is 0.422 e. The number of halogens is 3. The molecule has 0 bridgehead atoms. The highest BCUT2D eigenvalue weighted by Crippen LogP contribution is 2.48. The quantitative estimate of drug-likeness (QED) is 0.177. The van der Waals surface area contributed by atoms with E-state index in [4.69, 9.17) is 15.6 Å². The maximum Gasteiger partial charge on any atom is 0.422 e. The minimum absolute atomic E-state index is 0.0458. The van der Waals surface area contributed by atoms with Crippen molar-refractivity contribution in [3.8, 4) is 6.01 Å². The topological polar surface area (TPSA) is 147 Å². The molecule has 1 aromatic heterocycles. The second-order valence-corrected chi connectivity index (χ2v) is 9.24. The number of hydrogen-bond acceptors (Lipinski definition) is 9. The van der Waals surface area contributed by atoms with Crippen LogP contribution in [0.15, 0.2) is 48.5 Å². The molecular weight excluding hydrogens is 515 g/mol. The SMILES string of the molecule is NCCCCCNc1cccc(C2(Nc3nc(Nc4ccc(C(=O)O)cc4)nc(OCC(F)(F)F)n3)CC2)c1. The number of nitrogens with two attached hydrogens (primary N) is 1. The van der Waals surface area contributed by atoms with E-state index in [0.29, 0.717) is 12.2 Å². The molecule has 0 unspecified atom stereocenters. The normalized spacial score (nSPS) is 13.9. The Hall–Kier alpha value is -4.13. The number of carbonyl (C=O) groups is 1. The van der Waals surface area contributed by atoms with Gasteiger partial charge in [0, 0.05) is 17.9 Å². The summed E-state index contributed by atoms with van der Waals surface area (Å²) in [7, 11) is 0. The van der Waals surface area contributed by atoms with Gasteiger partial charge in [-0.25, -0.2) is 4.79 Å². The monoisotopic (exact) mass is 545 g/mol. The number of ether oxygens (including phenoxy) is 1. The summed E-state index contributed by atoms with van der Waals surface area (Å²) in [5.74, 6) is -1.10. The molecule has 6 N–H and O–H groups in total. The summed E-state index contributed by atoms with van der Waals surface area (Å²) in [6.07, 6.45) is 0.0153. The number of anilines is 4. The fourth-order valence-corrected chi connectivity index (χ4v) is 3.93. The van der Waals surface area contributed by atoms with Crippen molar-refractivity contribution in [1.29, 1.82) is 0 Å². The molecule has 39 heavy (non-hydrogen) atoms. The van der Waals surface area contributed by atoms with Crippen molar-refractivity contribution >= 4 is 29.2 Å². The summed E-state index contributed by atoms with van der Waals surface area (Å²) in [4.78, 5) is 23.5. The van der Waals surface area contributed by atoms with E-state index in [1.165, 1.54) is 24.3 Å². The molecule has 13 heteroatoms. The molecule has 1 fully saturated rings. The summed E-state index contributed by atoms with van der Waals surface area (Å²) in [5, 5.41) is 18.6. The van der Waals surface area contributed by atoms with Crippen molar-refractivity contribution in [3.05, 3.63) is 59.7 Å². The fraction of sp³-hybridized carbons (Fsp3) is 0.385. The van der Waals surface area contributed by atoms with Gasteiger partial charge in [-0.2, -0.15) is 28.1 Å². The lowest BCUT2D eigenvalue weighted by Gasteiger charge is -2.20. The summed E-state index contributed by atoms with van der Waals surface area (Å²) in [5.41, 5.74) is 7.53. The molecule has 1 aliphatic carbocycles. The zero-order valence-corrected chi connectivity index (χ0v) is 21.1. The Balaban J connectivity index is 1.52. The zero-order valence-electron chi connectivity index (χ0n) is 21.1. The third-order valence-electron chi connectivity index (χ3n) is 6.09. The first-order valence-electron chi connectivity index (χ1n) is 12.5. The maximum atomic E-state index is 12.8. The molecule has 0 saturated heterocycles. The van der Waals surface area contributed by atoms with Crippen molar-refractivity contribution in [1.82, 2.24) is 15.0 Å². The highest BCUT2D eigenvalue weighted by Gasteiger charge is 2.45. The van der Waals surface area contributed by atoms with Gasteiger partial charge in [0.05, 0.1) is 11.1 Å². The lowest BCUT2D eigenvalue weighted by atomic mass is 10.0. The van der Waals surface area contributed by atoms with E-state index in [-0.39, 0.29) is 17.5 Å². The van der Waals surface area contributed by atoms with E-state index in [1.807, 2.05) is 24.3 Å². The average Bonchev–Trinajstić information content (AvgIpc) is 3.68. The Bertz CT molecular complexity index is 1270. The van der Waals surface area contributed by atoms with Gasteiger partial charge in [-0.3, -0.25) is 0 Å². The molecule has 1 aliphatic rings. The molecule has 10 nitrogen and oxygen atoms in total. The van der Waals surface area contributed by atoms with Crippen LogP contribution in [0.5, 0.6) is 6.01 Å². The second-order valence-electron chi connectivity index (χ2n) is 9.24. The molecular formula is C26H30F3N7O3. The molecule has 0 radical (unpaired) electrons. The van der Waals surface area contributed by atoms with Gasteiger partial charge in [-0.15, -0.1) is 0 Å². The number of nitrogens with zero attached hydrogens (tertiary/aromatic N) is 3. The molecule has 3 aromatic rings. The number of rotatable bonds is 14. The van der Waals surface area contributed by atoms with Gasteiger partial charge in [-0.05, 0) is 74.2 Å². The lowest BCUT2D eigenvalue weighted by Crippen LogP contribution is -2.23. The van der Waals surface area contributed by atoms with Crippen LogP contribution in [0.4, 0.5) is 36.4 Å². The van der Waals surface area contributed by atoms with E-state index in [1.54, 1.807) is 0 Å². The highest BCUT2D eigenvalue weighted by atomic mass is 19.4. The third-order valence-corrected chi connectivity index (χ3v) is 6.09. The molecule has 0 aliphatic heterocycles. The third kappa shape index (κ3) is 8.18. The summed E-state index contributed by atoms with van der Waals surface area (Å²) in [6.45, 7) is -0.0645. The van der Waals surface area contributed by atoms with Gasteiger partial charge >= 0.3 is 18.2 Å². The van der Waals surface area contributed by atoms with E-state index in [2.05, 4.69) is 30.9 Å². The number of nitrogens with one attached hydrogen (secondary N) is 3. The van der Waals surface area contributed by atoms with Crippen molar-refractivity contribution in [2.75, 3.05) is 35.6 Å². The van der Waals surface area contributed by atoms with Crippen LogP contribution in [0.25, 0.3) is 0 Å². The van der Waals surface area contributed by atoms with E-state index >= 15 is 0 Å². The Morgan fingerprint density at radius 3 is 2.41 bits per heavy atom. The first kappa shape index (κ1) is 27.9. The standard InChI is InChI=1S/C26H30F3N7O3/c27-26(28,29)16-39-24-34-22(32-19-9-7-17(8-10-19)21(37)38)33-23(35-24)36-25(11-12-25)18-5-4-6-20(15-18)31-14-3-1-2-13-30/h4-10,15,31H,1-3,11-14,16,30H2,(H,37,38)(H2,32,33,34,35,36). The van der Waals surface area contributed by atoms with Crippen LogP contribution >= 0.6 is 0 Å². The van der Waals surface area contributed by atoms with Crippen LogP contribution in [0.3, 0.4) is 0 Å². The number of alkyl halides is 3. The van der Waals surface area contributed by atoms with E-state index < -0.39 is 30.3 Å². The Kier molecular flexibility index (Phi) is 8.69. The molecule has 208 valence electrons. The number of carboxylic acid groups (broad SMARTS) is 1. The van der Waals surface area contributed by atoms with Crippen LogP contribution in [-0.4, -0.2) is 51.9 Å². The predicted molar refractivity (Wildman–Crippen MR) is 140 cm³/mol. The lowest BCUT2D eigenvalue weighted by molar-refractivity contribution is -0.154. The largest absolute Gasteiger partial charge is 0.478 e. The molecule has 1 heterocycles. The summed E-state index contributed by atoms with van der Waals surface area (Å²) < 4.78 is 43.2. The fourth-order valence-electron chi connectivity index (χ4n) is 3.93. The maximum absolute atomic E-state index is 12.8. The number of carboxylic acids is 1. The highest BCUT2D eigenvalue weighted by molar-refractivity contribution is 5.88. The van der Waals surface area contributed by atoms with Crippen LogP contribution in [0.2, 0.25) is 0 Å². The minimum atomic E-state index is -4.57. The van der Waals surface area contributed by atoms with Gasteiger partial charge in [0.15, 0.2) is 6.61 Å². The van der Waals surface area contributed by atoms with Gasteiger partial charge in [-0.1, -0.05) is 18.6 Å². The number of hydrogen-bond donors (Lipinski definition) is 5. The van der Waals surface area contributed by atoms with Crippen molar-refractivity contribution < 1.29 is 27.8 Å². The van der Waals surface area contributed by atoms with Gasteiger partial charge in [0.25, 0.3) is 0 Å². The van der Waals surface area contributed by atoms with E-state index in [9.17, 15) is 18.0 Å². The van der Waals surface area contributed by atoms with Crippen molar-refractivity contribution in [2.24, 2.45) is 5.73 Å². The number of benzene rings is 2. The molecule has 0 atom stereocenters. The number of aromatic nitrogens is 3. The summed E-state index contributed by atoms with van der Waals surface area (Å²) in [6, 6.07) is 13.2. The van der Waals surface area contributed by atoms with Gasteiger partial charge < -0.3 is 31.5 Å². The average molecular weight is 546 g/mol. The van der Waals surface area contributed by atoms with E-state index in [0.717, 1.165) is 49.9 Å². The van der Waals surface area contributed by atoms with Gasteiger partial charge in [0.2, 0.25) is 11.9 Å².